The molecule has 1 rings (SSSR count). The first-order valence-electron chi connectivity index (χ1n) is 6.10. The van der Waals surface area contributed by atoms with E-state index < -0.39 is 16.5 Å². The number of nitrogens with one attached hydrogen (secondary N) is 4. The van der Waals surface area contributed by atoms with E-state index in [1.54, 1.807) is 0 Å². The Morgan fingerprint density at radius 2 is 1.75 bits per heavy atom. The molecule has 9 heteroatoms. The average molecular weight is 286 g/mol. The van der Waals surface area contributed by atoms with Crippen molar-refractivity contribution in [3.8, 4) is 0 Å². The lowest BCUT2D eigenvalue weighted by atomic mass is 10.2. The summed E-state index contributed by atoms with van der Waals surface area (Å²) in [4.78, 5) is 11.5. The van der Waals surface area contributed by atoms with E-state index in [0.717, 1.165) is 18.9 Å². The fraction of sp³-hybridized carbons (Fsp3) is 0.364. The summed E-state index contributed by atoms with van der Waals surface area (Å²) >= 11 is 0. The third-order valence-corrected chi connectivity index (χ3v) is 2.50. The Bertz CT molecular complexity index is 426. The zero-order valence-corrected chi connectivity index (χ0v) is 11.0. The standard InChI is InChI=1S/C11H18N4O5/c1-2-3-4-12-11(16)13-8-5-9(14(17)18)7-10(6-8)15(19)20/h5-7,14-15,17,19H,2-4H2,1H3,(H2,12,13,16). The molecular weight excluding hydrogens is 268 g/mol. The summed E-state index contributed by atoms with van der Waals surface area (Å²) in [6.45, 7) is 2.47. The topological polar surface area (TPSA) is 137 Å². The van der Waals surface area contributed by atoms with E-state index in [1.807, 2.05) is 6.92 Å². The highest BCUT2D eigenvalue weighted by molar-refractivity contribution is 5.90. The summed E-state index contributed by atoms with van der Waals surface area (Å²) in [6, 6.07) is 2.94. The van der Waals surface area contributed by atoms with Crippen LogP contribution in [0, 0.1) is 10.4 Å². The van der Waals surface area contributed by atoms with Crippen molar-refractivity contribution in [1.29, 1.82) is 0 Å². The summed E-state index contributed by atoms with van der Waals surface area (Å²) in [5.41, 5.74) is -0.279. The summed E-state index contributed by atoms with van der Waals surface area (Å²) in [5.74, 6) is 0. The number of carbonyl (C=O) groups is 1. The maximum Gasteiger partial charge on any atom is 0.319 e. The molecular formula is C11H18N4O5. The lowest BCUT2D eigenvalue weighted by Crippen LogP contribution is -3.00. The van der Waals surface area contributed by atoms with Crippen molar-refractivity contribution in [1.82, 2.24) is 5.32 Å². The summed E-state index contributed by atoms with van der Waals surface area (Å²) in [5, 5.41) is 42.1. The van der Waals surface area contributed by atoms with Gasteiger partial charge in [0.1, 0.15) is 0 Å². The number of carbonyl (C=O) groups excluding carboxylic acids is 1. The largest absolute Gasteiger partial charge is 0.595 e. The molecule has 0 aromatic heterocycles. The van der Waals surface area contributed by atoms with Crippen molar-refractivity contribution in [2.45, 2.75) is 19.8 Å². The second-order valence-corrected chi connectivity index (χ2v) is 4.14. The summed E-state index contributed by atoms with van der Waals surface area (Å²) < 4.78 is 0. The van der Waals surface area contributed by atoms with Crippen molar-refractivity contribution < 1.29 is 25.7 Å². The van der Waals surface area contributed by atoms with Gasteiger partial charge in [0.2, 0.25) is 0 Å². The van der Waals surface area contributed by atoms with Gasteiger partial charge in [0.05, 0.1) is 11.8 Å². The second kappa shape index (κ2) is 7.75. The molecule has 0 radical (unpaired) electrons. The Morgan fingerprint density at radius 1 is 1.20 bits per heavy atom. The van der Waals surface area contributed by atoms with Gasteiger partial charge in [-0.15, -0.1) is 0 Å². The van der Waals surface area contributed by atoms with Crippen LogP contribution in [0.3, 0.4) is 0 Å². The monoisotopic (exact) mass is 286 g/mol. The minimum Gasteiger partial charge on any atom is -0.595 e. The molecule has 1 aromatic rings. The molecule has 0 fully saturated rings. The molecule has 0 aliphatic rings. The number of urea groups is 1. The zero-order valence-electron chi connectivity index (χ0n) is 11.0. The van der Waals surface area contributed by atoms with Crippen molar-refractivity contribution >= 4 is 23.1 Å². The normalized spacial score (nSPS) is 13.7. The van der Waals surface area contributed by atoms with Crippen LogP contribution in [0.15, 0.2) is 18.2 Å². The second-order valence-electron chi connectivity index (χ2n) is 4.14. The minimum atomic E-state index is -1.26. The Balaban J connectivity index is 2.80. The van der Waals surface area contributed by atoms with Crippen LogP contribution in [-0.2, 0) is 0 Å². The van der Waals surface area contributed by atoms with Crippen LogP contribution in [0.1, 0.15) is 19.8 Å². The van der Waals surface area contributed by atoms with Crippen LogP contribution >= 0.6 is 0 Å². The molecule has 0 bridgehead atoms. The van der Waals surface area contributed by atoms with Crippen molar-refractivity contribution in [3.63, 3.8) is 0 Å². The van der Waals surface area contributed by atoms with Crippen LogP contribution in [0.4, 0.5) is 21.9 Å². The predicted octanol–water partition coefficient (Wildman–Crippen LogP) is -0.585. The molecule has 112 valence electrons. The Morgan fingerprint density at radius 3 is 2.20 bits per heavy atom. The number of rotatable bonds is 6. The smallest absolute Gasteiger partial charge is 0.319 e. The molecule has 0 aliphatic heterocycles. The Kier molecular flexibility index (Phi) is 6.31. The number of benzene rings is 1. The minimum absolute atomic E-state index is 0.122. The maximum absolute atomic E-state index is 11.5. The molecule has 1 aromatic carbocycles. The van der Waals surface area contributed by atoms with Crippen molar-refractivity contribution in [2.75, 3.05) is 11.9 Å². The number of hydrogen-bond donors (Lipinski definition) is 6. The number of amides is 2. The lowest BCUT2D eigenvalue weighted by Gasteiger charge is -2.17. The summed E-state index contributed by atoms with van der Waals surface area (Å²) in [6.07, 6.45) is 1.75. The van der Waals surface area contributed by atoms with Gasteiger partial charge in [-0.05, 0) is 6.42 Å². The van der Waals surface area contributed by atoms with Crippen molar-refractivity contribution in [2.24, 2.45) is 0 Å². The molecule has 2 unspecified atom stereocenters. The van der Waals surface area contributed by atoms with Crippen LogP contribution in [0.2, 0.25) is 0 Å². The van der Waals surface area contributed by atoms with Gasteiger partial charge in [-0.3, -0.25) is 0 Å². The third-order valence-electron chi connectivity index (χ3n) is 2.50. The zero-order chi connectivity index (χ0) is 15.1. The van der Waals surface area contributed by atoms with Crippen LogP contribution in [-0.4, -0.2) is 23.0 Å². The van der Waals surface area contributed by atoms with Gasteiger partial charge in [0, 0.05) is 18.7 Å². The first-order chi connectivity index (χ1) is 9.43. The first-order valence-corrected chi connectivity index (χ1v) is 6.10. The van der Waals surface area contributed by atoms with E-state index in [4.69, 9.17) is 10.4 Å². The number of quaternary nitrogens is 2. The fourth-order valence-electron chi connectivity index (χ4n) is 1.50. The van der Waals surface area contributed by atoms with Gasteiger partial charge in [0.25, 0.3) is 0 Å². The SMILES string of the molecule is CCCCNC(=O)Nc1cc([NH+]([O-])O)cc([NH+]([O-])O)c1. The molecule has 2 amide bonds. The van der Waals surface area contributed by atoms with Crippen LogP contribution < -0.4 is 21.1 Å². The quantitative estimate of drug-likeness (QED) is 0.307. The highest BCUT2D eigenvalue weighted by atomic mass is 16.8. The van der Waals surface area contributed by atoms with E-state index in [-0.39, 0.29) is 17.1 Å². The Labute approximate surface area is 115 Å². The Hall–Kier alpha value is -1.75. The van der Waals surface area contributed by atoms with Crippen LogP contribution in [0.25, 0.3) is 0 Å². The molecule has 0 spiro atoms. The molecule has 20 heavy (non-hydrogen) atoms. The van der Waals surface area contributed by atoms with E-state index in [0.29, 0.717) is 6.54 Å². The number of unbranched alkanes of at least 4 members (excludes halogenated alkanes) is 1. The van der Waals surface area contributed by atoms with Gasteiger partial charge in [0.15, 0.2) is 11.4 Å². The van der Waals surface area contributed by atoms with E-state index in [1.165, 1.54) is 12.1 Å². The molecule has 0 saturated heterocycles. The summed E-state index contributed by atoms with van der Waals surface area (Å²) in [7, 11) is 0. The lowest BCUT2D eigenvalue weighted by molar-refractivity contribution is -0.996. The molecule has 0 heterocycles. The van der Waals surface area contributed by atoms with Gasteiger partial charge in [-0.1, -0.05) is 13.3 Å². The molecule has 6 N–H and O–H groups in total. The van der Waals surface area contributed by atoms with E-state index >= 15 is 0 Å². The van der Waals surface area contributed by atoms with Gasteiger partial charge >= 0.3 is 6.03 Å². The van der Waals surface area contributed by atoms with E-state index in [9.17, 15) is 15.2 Å². The molecule has 0 aliphatic carbocycles. The highest BCUT2D eigenvalue weighted by Crippen LogP contribution is 2.17. The average Bonchev–Trinajstić information content (AvgIpc) is 2.38. The first kappa shape index (κ1) is 16.3. The number of anilines is 1. The van der Waals surface area contributed by atoms with Gasteiger partial charge in [-0.2, -0.15) is 10.5 Å². The van der Waals surface area contributed by atoms with Gasteiger partial charge < -0.3 is 21.0 Å². The predicted molar refractivity (Wildman–Crippen MR) is 69.9 cm³/mol. The molecule has 0 saturated carbocycles. The fourth-order valence-corrected chi connectivity index (χ4v) is 1.50. The number of hydrogen-bond acceptors (Lipinski definition) is 5. The van der Waals surface area contributed by atoms with E-state index in [2.05, 4.69) is 10.6 Å². The molecule has 9 nitrogen and oxygen atoms in total. The van der Waals surface area contributed by atoms with Gasteiger partial charge in [-0.25, -0.2) is 15.2 Å². The maximum atomic E-state index is 11.5. The molecule has 2 atom stereocenters. The van der Waals surface area contributed by atoms with Crippen molar-refractivity contribution in [3.05, 3.63) is 28.6 Å². The van der Waals surface area contributed by atoms with Crippen LogP contribution in [0.5, 0.6) is 0 Å². The third kappa shape index (κ3) is 5.09. The highest BCUT2D eigenvalue weighted by Gasteiger charge is 2.12.